The quantitative estimate of drug-likeness (QED) is 0.682. The number of methoxy groups -OCH3 is 2. The first-order valence-electron chi connectivity index (χ1n) is 9.32. The van der Waals surface area contributed by atoms with Gasteiger partial charge in [-0.3, -0.25) is 4.79 Å². The minimum Gasteiger partial charge on any atom is -0.493 e. The Morgan fingerprint density at radius 1 is 1.23 bits per heavy atom. The number of aliphatic hydroxyl groups excluding tert-OH is 2. The molecule has 1 aromatic carbocycles. The van der Waals surface area contributed by atoms with Crippen LogP contribution in [0.5, 0.6) is 11.5 Å². The SMILES string of the molecule is COc1ccc2cc(N(C)C(=O)C3=NO[C@@H]4C(=C3)C=C[C@@H](O)[C@H]4O)c(=O)oc2c1OC. The van der Waals surface area contributed by atoms with Gasteiger partial charge in [0.05, 0.1) is 14.2 Å². The number of hydrogen-bond acceptors (Lipinski definition) is 9. The molecule has 3 atom stereocenters. The smallest absolute Gasteiger partial charge is 0.360 e. The lowest BCUT2D eigenvalue weighted by atomic mass is 9.92. The molecule has 31 heavy (non-hydrogen) atoms. The molecule has 2 aliphatic rings. The van der Waals surface area contributed by atoms with E-state index in [0.717, 1.165) is 4.90 Å². The number of fused-ring (bicyclic) bond motifs is 2. The van der Waals surface area contributed by atoms with Crippen molar-refractivity contribution in [1.29, 1.82) is 0 Å². The minimum absolute atomic E-state index is 0.0115. The van der Waals surface area contributed by atoms with Crippen molar-refractivity contribution in [1.82, 2.24) is 0 Å². The van der Waals surface area contributed by atoms with E-state index in [9.17, 15) is 19.8 Å². The third-order valence-corrected chi connectivity index (χ3v) is 5.15. The van der Waals surface area contributed by atoms with Crippen molar-refractivity contribution in [3.63, 3.8) is 0 Å². The Balaban J connectivity index is 1.68. The van der Waals surface area contributed by atoms with Crippen molar-refractivity contribution in [3.8, 4) is 11.5 Å². The van der Waals surface area contributed by atoms with Crippen LogP contribution in [0.15, 0.2) is 56.4 Å². The summed E-state index contributed by atoms with van der Waals surface area (Å²) in [6.07, 6.45) is 1.22. The Hall–Kier alpha value is -3.63. The standard InChI is InChI=1S/C21H20N2O8/c1-23(20(26)12-8-10-4-6-14(24)16(25)17(10)31-22-12)13-9-11-5-7-15(28-2)19(29-3)18(11)30-21(13)27/h4-9,14,16-17,24-25H,1-3H3/t14-,16-,17-/m1/s1. The minimum atomic E-state index is -1.20. The van der Waals surface area contributed by atoms with Crippen LogP contribution in [0.1, 0.15) is 0 Å². The fourth-order valence-electron chi connectivity index (χ4n) is 3.45. The lowest BCUT2D eigenvalue weighted by Crippen LogP contribution is -2.44. The van der Waals surface area contributed by atoms with E-state index >= 15 is 0 Å². The maximum absolute atomic E-state index is 12.9. The highest BCUT2D eigenvalue weighted by atomic mass is 16.6. The zero-order valence-corrected chi connectivity index (χ0v) is 16.9. The first-order valence-corrected chi connectivity index (χ1v) is 9.32. The molecular weight excluding hydrogens is 408 g/mol. The van der Waals surface area contributed by atoms with Gasteiger partial charge in [0.15, 0.2) is 23.1 Å². The molecule has 162 valence electrons. The summed E-state index contributed by atoms with van der Waals surface area (Å²) in [5.74, 6) is 0.0495. The average Bonchev–Trinajstić information content (AvgIpc) is 2.79. The second-order valence-corrected chi connectivity index (χ2v) is 6.99. The Morgan fingerprint density at radius 2 is 2.00 bits per heavy atom. The number of amides is 1. The first kappa shape index (κ1) is 20.6. The van der Waals surface area contributed by atoms with E-state index in [-0.39, 0.29) is 22.7 Å². The highest BCUT2D eigenvalue weighted by molar-refractivity contribution is 6.47. The molecule has 2 heterocycles. The van der Waals surface area contributed by atoms with Crippen molar-refractivity contribution in [2.45, 2.75) is 18.3 Å². The van der Waals surface area contributed by atoms with E-state index in [1.165, 1.54) is 39.5 Å². The van der Waals surface area contributed by atoms with E-state index in [0.29, 0.717) is 16.7 Å². The number of nitrogens with zero attached hydrogens (tertiary/aromatic N) is 2. The summed E-state index contributed by atoms with van der Waals surface area (Å²) in [6.45, 7) is 0. The lowest BCUT2D eigenvalue weighted by molar-refractivity contribution is -0.112. The van der Waals surface area contributed by atoms with Crippen LogP contribution in [0.3, 0.4) is 0 Å². The molecule has 1 aromatic heterocycles. The van der Waals surface area contributed by atoms with Crippen LogP contribution in [0, 0.1) is 0 Å². The van der Waals surface area contributed by atoms with Crippen LogP contribution in [-0.4, -0.2) is 61.4 Å². The van der Waals surface area contributed by atoms with Crippen LogP contribution in [0.4, 0.5) is 5.69 Å². The van der Waals surface area contributed by atoms with Crippen LogP contribution in [0.2, 0.25) is 0 Å². The highest BCUT2D eigenvalue weighted by Gasteiger charge is 2.36. The maximum Gasteiger partial charge on any atom is 0.360 e. The van der Waals surface area contributed by atoms with Gasteiger partial charge in [-0.1, -0.05) is 17.3 Å². The zero-order valence-electron chi connectivity index (χ0n) is 16.9. The van der Waals surface area contributed by atoms with Gasteiger partial charge in [-0.2, -0.15) is 0 Å². The number of rotatable bonds is 4. The molecule has 0 spiro atoms. The molecule has 0 fully saturated rings. The number of benzene rings is 1. The number of ether oxygens (including phenoxy) is 2. The Bertz CT molecular complexity index is 1200. The van der Waals surface area contributed by atoms with Crippen molar-refractivity contribution in [3.05, 3.63) is 52.4 Å². The van der Waals surface area contributed by atoms with E-state index in [1.54, 1.807) is 18.2 Å². The molecule has 1 aliphatic carbocycles. The molecule has 0 saturated carbocycles. The van der Waals surface area contributed by atoms with Crippen LogP contribution in [0.25, 0.3) is 11.0 Å². The molecule has 0 unspecified atom stereocenters. The van der Waals surface area contributed by atoms with Crippen molar-refractivity contribution in [2.75, 3.05) is 26.2 Å². The van der Waals surface area contributed by atoms with Gasteiger partial charge in [0, 0.05) is 18.0 Å². The van der Waals surface area contributed by atoms with Gasteiger partial charge < -0.3 is 33.8 Å². The van der Waals surface area contributed by atoms with Crippen molar-refractivity contribution < 1.29 is 33.7 Å². The van der Waals surface area contributed by atoms with E-state index in [4.69, 9.17) is 18.7 Å². The molecule has 0 radical (unpaired) electrons. The molecule has 1 amide bonds. The van der Waals surface area contributed by atoms with Gasteiger partial charge >= 0.3 is 5.63 Å². The monoisotopic (exact) mass is 428 g/mol. The predicted octanol–water partition coefficient (Wildman–Crippen LogP) is 0.746. The number of hydrogen-bond donors (Lipinski definition) is 2. The van der Waals surface area contributed by atoms with Gasteiger partial charge in [-0.15, -0.1) is 0 Å². The summed E-state index contributed by atoms with van der Waals surface area (Å²) >= 11 is 0. The third kappa shape index (κ3) is 3.45. The van der Waals surface area contributed by atoms with Crippen molar-refractivity contribution in [2.24, 2.45) is 5.16 Å². The summed E-state index contributed by atoms with van der Waals surface area (Å²) in [6, 6.07) is 4.84. The van der Waals surface area contributed by atoms with Crippen LogP contribution in [-0.2, 0) is 9.63 Å². The third-order valence-electron chi connectivity index (χ3n) is 5.15. The number of carbonyl (C=O) groups excluding carboxylic acids is 1. The Labute approximate surface area is 176 Å². The summed E-state index contributed by atoms with van der Waals surface area (Å²) in [5, 5.41) is 24.0. The molecule has 10 heteroatoms. The lowest BCUT2D eigenvalue weighted by Gasteiger charge is -2.30. The number of anilines is 1. The molecule has 0 saturated heterocycles. The summed E-state index contributed by atoms with van der Waals surface area (Å²) in [7, 11) is 4.30. The molecule has 2 aromatic rings. The topological polar surface area (TPSA) is 131 Å². The molecule has 1 aliphatic heterocycles. The van der Waals surface area contributed by atoms with E-state index in [1.807, 2.05) is 0 Å². The van der Waals surface area contributed by atoms with Gasteiger partial charge in [0.2, 0.25) is 5.75 Å². The van der Waals surface area contributed by atoms with Gasteiger partial charge in [-0.05, 0) is 24.3 Å². The molecular formula is C21H20N2O8. The fraction of sp³-hybridized carbons (Fsp3) is 0.286. The highest BCUT2D eigenvalue weighted by Crippen LogP contribution is 2.35. The Kier molecular flexibility index (Phi) is 5.25. The second kappa shape index (κ2) is 7.89. The zero-order chi connectivity index (χ0) is 22.3. The fourth-order valence-corrected chi connectivity index (χ4v) is 3.45. The number of carbonyl (C=O) groups is 1. The summed E-state index contributed by atoms with van der Waals surface area (Å²) in [4.78, 5) is 31.9. The number of oxime groups is 1. The molecule has 2 N–H and O–H groups in total. The van der Waals surface area contributed by atoms with E-state index < -0.39 is 29.8 Å². The largest absolute Gasteiger partial charge is 0.493 e. The Morgan fingerprint density at radius 3 is 2.71 bits per heavy atom. The average molecular weight is 428 g/mol. The van der Waals surface area contributed by atoms with Gasteiger partial charge in [0.1, 0.15) is 17.9 Å². The van der Waals surface area contributed by atoms with Gasteiger partial charge in [0.25, 0.3) is 5.91 Å². The second-order valence-electron chi connectivity index (χ2n) is 6.99. The first-order chi connectivity index (χ1) is 14.8. The summed E-state index contributed by atoms with van der Waals surface area (Å²) in [5.41, 5.74) is -0.170. The summed E-state index contributed by atoms with van der Waals surface area (Å²) < 4.78 is 15.9. The molecule has 10 nitrogen and oxygen atoms in total. The molecule has 4 rings (SSSR count). The molecule has 0 bridgehead atoms. The number of aliphatic hydroxyl groups is 2. The van der Waals surface area contributed by atoms with E-state index in [2.05, 4.69) is 5.16 Å². The predicted molar refractivity (Wildman–Crippen MR) is 111 cm³/mol. The normalized spacial score (nSPS) is 22.2. The maximum atomic E-state index is 12.9. The van der Waals surface area contributed by atoms with Crippen LogP contribution >= 0.6 is 0 Å². The van der Waals surface area contributed by atoms with Gasteiger partial charge in [-0.25, -0.2) is 4.79 Å². The van der Waals surface area contributed by atoms with Crippen LogP contribution < -0.4 is 20.0 Å². The van der Waals surface area contributed by atoms with Crippen molar-refractivity contribution >= 4 is 28.3 Å².